The Morgan fingerprint density at radius 3 is 2.19 bits per heavy atom. The molecule has 2 heterocycles. The van der Waals surface area contributed by atoms with Gasteiger partial charge in [0.1, 0.15) is 0 Å². The summed E-state index contributed by atoms with van der Waals surface area (Å²) in [6.07, 6.45) is 0.393. The molecule has 1 fully saturated rings. The molecule has 2 rings (SSSR count). The monoisotopic (exact) mass is 328 g/mol. The Morgan fingerprint density at radius 2 is 1.71 bits per heavy atom. The van der Waals surface area contributed by atoms with Gasteiger partial charge in [-0.25, -0.2) is 0 Å². The van der Waals surface area contributed by atoms with E-state index in [2.05, 4.69) is 0 Å². The van der Waals surface area contributed by atoms with Crippen molar-refractivity contribution in [2.45, 2.75) is 27.2 Å². The summed E-state index contributed by atoms with van der Waals surface area (Å²) in [4.78, 5) is 29.1. The molecule has 2 amide bonds. The van der Waals surface area contributed by atoms with E-state index in [0.29, 0.717) is 36.9 Å². The number of nitrogens with zero attached hydrogens (tertiary/aromatic N) is 2. The van der Waals surface area contributed by atoms with Crippen LogP contribution in [0.4, 0.5) is 0 Å². The number of amides is 2. The first-order valence-electron chi connectivity index (χ1n) is 7.09. The first-order chi connectivity index (χ1) is 9.77. The second-order valence-electron chi connectivity index (χ2n) is 6.31. The van der Waals surface area contributed by atoms with E-state index in [1.54, 1.807) is 0 Å². The molecule has 0 spiro atoms. The van der Waals surface area contributed by atoms with Crippen molar-refractivity contribution < 1.29 is 9.59 Å². The maximum absolute atomic E-state index is 12.2. The second-order valence-corrected chi connectivity index (χ2v) is 8.11. The van der Waals surface area contributed by atoms with Crippen molar-refractivity contribution in [2.75, 3.05) is 26.2 Å². The van der Waals surface area contributed by atoms with E-state index in [4.69, 9.17) is 11.6 Å². The van der Waals surface area contributed by atoms with Crippen molar-refractivity contribution in [3.63, 3.8) is 0 Å². The van der Waals surface area contributed by atoms with Gasteiger partial charge in [-0.1, -0.05) is 32.4 Å². The Bertz CT molecular complexity index is 528. The molecule has 0 atom stereocenters. The van der Waals surface area contributed by atoms with Crippen LogP contribution in [0.3, 0.4) is 0 Å². The minimum absolute atomic E-state index is 0.108. The number of carbonyl (C=O) groups excluding carboxylic acids is 2. The Balaban J connectivity index is 1.86. The summed E-state index contributed by atoms with van der Waals surface area (Å²) in [5.74, 6) is 0.260. The molecule has 6 heteroatoms. The van der Waals surface area contributed by atoms with Gasteiger partial charge in [0.05, 0.1) is 10.8 Å². The molecule has 1 aromatic rings. The molecule has 1 saturated heterocycles. The van der Waals surface area contributed by atoms with Crippen molar-refractivity contribution in [3.8, 4) is 0 Å². The lowest BCUT2D eigenvalue weighted by Crippen LogP contribution is -2.53. The predicted molar refractivity (Wildman–Crippen MR) is 85.6 cm³/mol. The number of piperazine rings is 1. The third kappa shape index (κ3) is 4.20. The Morgan fingerprint density at radius 1 is 1.14 bits per heavy atom. The number of halogens is 1. The van der Waals surface area contributed by atoms with Crippen molar-refractivity contribution in [1.82, 2.24) is 9.80 Å². The molecule has 21 heavy (non-hydrogen) atoms. The molecular weight excluding hydrogens is 308 g/mol. The van der Waals surface area contributed by atoms with Crippen LogP contribution < -0.4 is 0 Å². The number of carbonyl (C=O) groups is 2. The highest BCUT2D eigenvalue weighted by Crippen LogP contribution is 2.23. The summed E-state index contributed by atoms with van der Waals surface area (Å²) in [5.41, 5.74) is -0.361. The average Bonchev–Trinajstić information content (AvgIpc) is 2.82. The smallest absolute Gasteiger partial charge is 0.228 e. The molecular formula is C15H21ClN2O2S. The van der Waals surface area contributed by atoms with Crippen LogP contribution in [0.25, 0.3) is 0 Å². The predicted octanol–water partition coefficient (Wildman–Crippen LogP) is 2.66. The lowest BCUT2D eigenvalue weighted by Gasteiger charge is -2.37. The van der Waals surface area contributed by atoms with Crippen LogP contribution in [0, 0.1) is 5.41 Å². The van der Waals surface area contributed by atoms with Gasteiger partial charge in [0.25, 0.3) is 0 Å². The van der Waals surface area contributed by atoms with Gasteiger partial charge in [0.15, 0.2) is 0 Å². The molecule has 1 aromatic heterocycles. The summed E-state index contributed by atoms with van der Waals surface area (Å²) in [6, 6.07) is 3.71. The van der Waals surface area contributed by atoms with E-state index in [1.165, 1.54) is 11.3 Å². The summed E-state index contributed by atoms with van der Waals surface area (Å²) < 4.78 is 0.707. The van der Waals surface area contributed by atoms with Gasteiger partial charge in [0.2, 0.25) is 11.8 Å². The lowest BCUT2D eigenvalue weighted by molar-refractivity contribution is -0.144. The third-order valence-electron chi connectivity index (χ3n) is 3.52. The zero-order valence-corrected chi connectivity index (χ0v) is 14.3. The van der Waals surface area contributed by atoms with Crippen LogP contribution in [0.2, 0.25) is 4.34 Å². The maximum atomic E-state index is 12.2. The molecule has 0 unspecified atom stereocenters. The van der Waals surface area contributed by atoms with E-state index in [0.717, 1.165) is 4.88 Å². The third-order valence-corrected chi connectivity index (χ3v) is 4.75. The summed E-state index contributed by atoms with van der Waals surface area (Å²) in [5, 5.41) is 0. The highest BCUT2D eigenvalue weighted by atomic mass is 35.5. The van der Waals surface area contributed by atoms with Crippen molar-refractivity contribution >= 4 is 34.8 Å². The SMILES string of the molecule is CC(C)(C)C(=O)N1CCN(C(=O)Cc2ccc(Cl)s2)CC1. The van der Waals surface area contributed by atoms with E-state index < -0.39 is 0 Å². The molecule has 1 aliphatic heterocycles. The average molecular weight is 329 g/mol. The van der Waals surface area contributed by atoms with Gasteiger partial charge in [0, 0.05) is 36.5 Å². The minimum atomic E-state index is -0.361. The Kier molecular flexibility index (Phi) is 4.94. The topological polar surface area (TPSA) is 40.6 Å². The van der Waals surface area contributed by atoms with Crippen molar-refractivity contribution in [2.24, 2.45) is 5.41 Å². The number of rotatable bonds is 2. The van der Waals surface area contributed by atoms with Gasteiger partial charge in [-0.15, -0.1) is 11.3 Å². The molecule has 116 valence electrons. The Hall–Kier alpha value is -1.07. The molecule has 0 saturated carbocycles. The van der Waals surface area contributed by atoms with Crippen molar-refractivity contribution in [3.05, 3.63) is 21.3 Å². The summed E-state index contributed by atoms with van der Waals surface area (Å²) in [6.45, 7) is 8.23. The molecule has 0 N–H and O–H groups in total. The first-order valence-corrected chi connectivity index (χ1v) is 8.28. The largest absolute Gasteiger partial charge is 0.339 e. The van der Waals surface area contributed by atoms with E-state index in [1.807, 2.05) is 42.7 Å². The van der Waals surface area contributed by atoms with Gasteiger partial charge in [-0.2, -0.15) is 0 Å². The molecule has 1 aliphatic rings. The number of hydrogen-bond acceptors (Lipinski definition) is 3. The fraction of sp³-hybridized carbons (Fsp3) is 0.600. The van der Waals surface area contributed by atoms with Gasteiger partial charge >= 0.3 is 0 Å². The summed E-state index contributed by atoms with van der Waals surface area (Å²) >= 11 is 7.32. The number of thiophene rings is 1. The van der Waals surface area contributed by atoms with Crippen LogP contribution in [0.5, 0.6) is 0 Å². The van der Waals surface area contributed by atoms with Crippen LogP contribution in [0.1, 0.15) is 25.6 Å². The van der Waals surface area contributed by atoms with Crippen LogP contribution in [-0.2, 0) is 16.0 Å². The highest BCUT2D eigenvalue weighted by Gasteiger charge is 2.30. The van der Waals surface area contributed by atoms with Gasteiger partial charge in [-0.05, 0) is 12.1 Å². The number of hydrogen-bond donors (Lipinski definition) is 0. The maximum Gasteiger partial charge on any atom is 0.228 e. The molecule has 0 radical (unpaired) electrons. The fourth-order valence-electron chi connectivity index (χ4n) is 2.34. The van der Waals surface area contributed by atoms with Crippen LogP contribution in [-0.4, -0.2) is 47.8 Å². The van der Waals surface area contributed by atoms with Crippen molar-refractivity contribution in [1.29, 1.82) is 0 Å². The highest BCUT2D eigenvalue weighted by molar-refractivity contribution is 7.16. The standard InChI is InChI=1S/C15H21ClN2O2S/c1-15(2,3)14(20)18-8-6-17(7-9-18)13(19)10-11-4-5-12(16)21-11/h4-5H,6-10H2,1-3H3. The summed E-state index contributed by atoms with van der Waals surface area (Å²) in [7, 11) is 0. The lowest BCUT2D eigenvalue weighted by atomic mass is 9.94. The fourth-order valence-corrected chi connectivity index (χ4v) is 3.42. The van der Waals surface area contributed by atoms with Crippen LogP contribution >= 0.6 is 22.9 Å². The molecule has 0 bridgehead atoms. The van der Waals surface area contributed by atoms with Gasteiger partial charge in [-0.3, -0.25) is 9.59 Å². The zero-order chi connectivity index (χ0) is 15.6. The Labute approximate surface area is 134 Å². The molecule has 0 aromatic carbocycles. The quantitative estimate of drug-likeness (QED) is 0.837. The molecule has 4 nitrogen and oxygen atoms in total. The second kappa shape index (κ2) is 6.36. The zero-order valence-electron chi connectivity index (χ0n) is 12.7. The van der Waals surface area contributed by atoms with E-state index in [-0.39, 0.29) is 17.2 Å². The first kappa shape index (κ1) is 16.3. The normalized spacial score (nSPS) is 16.2. The van der Waals surface area contributed by atoms with E-state index in [9.17, 15) is 9.59 Å². The van der Waals surface area contributed by atoms with Gasteiger partial charge < -0.3 is 9.80 Å². The molecule has 0 aliphatic carbocycles. The van der Waals surface area contributed by atoms with E-state index >= 15 is 0 Å². The van der Waals surface area contributed by atoms with Crippen LogP contribution in [0.15, 0.2) is 12.1 Å². The minimum Gasteiger partial charge on any atom is -0.339 e.